The van der Waals surface area contributed by atoms with Crippen molar-refractivity contribution >= 4 is 27.5 Å². The Labute approximate surface area is 113 Å². The Morgan fingerprint density at radius 1 is 1.11 bits per heavy atom. The molecule has 0 radical (unpaired) electrons. The van der Waals surface area contributed by atoms with Crippen LogP contribution in [0.15, 0.2) is 53.1 Å². The molecule has 0 spiro atoms. The van der Waals surface area contributed by atoms with Gasteiger partial charge < -0.3 is 5.32 Å². The molecule has 1 aromatic carbocycles. The van der Waals surface area contributed by atoms with Crippen LogP contribution in [0.3, 0.4) is 0 Å². The zero-order chi connectivity index (χ0) is 12.4. The van der Waals surface area contributed by atoms with E-state index in [1.807, 2.05) is 36.5 Å². The number of anilines is 1. The molecular weight excluding hydrogens is 292 g/mol. The fraction of sp³-hybridized carbons (Fsp3) is 0.0769. The number of rotatable bonds is 3. The highest BCUT2D eigenvalue weighted by Crippen LogP contribution is 2.17. The average Bonchev–Trinajstić information content (AvgIpc) is 2.82. The van der Waals surface area contributed by atoms with Gasteiger partial charge in [0.1, 0.15) is 0 Å². The lowest BCUT2D eigenvalue weighted by Gasteiger charge is -2.00. The van der Waals surface area contributed by atoms with E-state index in [-0.39, 0.29) is 0 Å². The van der Waals surface area contributed by atoms with Crippen LogP contribution in [0.4, 0.5) is 5.95 Å². The van der Waals surface area contributed by atoms with Gasteiger partial charge in [-0.15, -0.1) is 5.10 Å². The summed E-state index contributed by atoms with van der Waals surface area (Å²) < 4.78 is 2.68. The molecule has 0 aliphatic rings. The van der Waals surface area contributed by atoms with E-state index >= 15 is 0 Å². The summed E-state index contributed by atoms with van der Waals surface area (Å²) in [6.45, 7) is 0.718. The van der Waals surface area contributed by atoms with Gasteiger partial charge in [0.2, 0.25) is 5.95 Å². The van der Waals surface area contributed by atoms with Crippen LogP contribution in [-0.2, 0) is 6.54 Å². The van der Waals surface area contributed by atoms with Crippen LogP contribution in [0.25, 0.3) is 5.65 Å². The maximum absolute atomic E-state index is 4.42. The Morgan fingerprint density at radius 3 is 2.72 bits per heavy atom. The standard InChI is InChI=1S/C13H11BrN4/c14-11-7-4-8-18-12(11)16-13(17-18)15-9-10-5-2-1-3-6-10/h1-8H,9H2,(H,15,17). The van der Waals surface area contributed by atoms with Crippen molar-refractivity contribution in [3.8, 4) is 0 Å². The van der Waals surface area contributed by atoms with Gasteiger partial charge in [0.15, 0.2) is 5.65 Å². The molecule has 0 atom stereocenters. The van der Waals surface area contributed by atoms with E-state index in [0.717, 1.165) is 16.7 Å². The number of aromatic nitrogens is 3. The number of nitrogens with zero attached hydrogens (tertiary/aromatic N) is 3. The topological polar surface area (TPSA) is 42.2 Å². The first kappa shape index (κ1) is 11.2. The molecule has 0 saturated carbocycles. The molecule has 2 heterocycles. The fourth-order valence-electron chi connectivity index (χ4n) is 1.73. The lowest BCUT2D eigenvalue weighted by atomic mass is 10.2. The summed E-state index contributed by atoms with van der Waals surface area (Å²) in [7, 11) is 0. The van der Waals surface area contributed by atoms with E-state index < -0.39 is 0 Å². The molecule has 2 aromatic heterocycles. The molecule has 0 fully saturated rings. The van der Waals surface area contributed by atoms with Crippen LogP contribution in [-0.4, -0.2) is 14.6 Å². The van der Waals surface area contributed by atoms with E-state index in [1.165, 1.54) is 5.56 Å². The zero-order valence-corrected chi connectivity index (χ0v) is 11.1. The summed E-state index contributed by atoms with van der Waals surface area (Å²) in [4.78, 5) is 4.42. The van der Waals surface area contributed by atoms with Gasteiger partial charge in [-0.2, -0.15) is 4.98 Å². The minimum Gasteiger partial charge on any atom is -0.349 e. The molecule has 0 saturated heterocycles. The second kappa shape index (κ2) is 4.78. The minimum atomic E-state index is 0.630. The van der Waals surface area contributed by atoms with Crippen molar-refractivity contribution in [3.63, 3.8) is 0 Å². The maximum atomic E-state index is 4.42. The summed E-state index contributed by atoms with van der Waals surface area (Å²) in [5, 5.41) is 7.57. The third kappa shape index (κ3) is 2.22. The number of benzene rings is 1. The Hall–Kier alpha value is -1.88. The van der Waals surface area contributed by atoms with E-state index in [1.54, 1.807) is 4.52 Å². The van der Waals surface area contributed by atoms with Crippen molar-refractivity contribution in [2.24, 2.45) is 0 Å². The molecule has 90 valence electrons. The lowest BCUT2D eigenvalue weighted by molar-refractivity contribution is 0.948. The van der Waals surface area contributed by atoms with E-state index in [0.29, 0.717) is 5.95 Å². The number of hydrogen-bond donors (Lipinski definition) is 1. The first-order valence-corrected chi connectivity index (χ1v) is 6.41. The molecule has 0 amide bonds. The highest BCUT2D eigenvalue weighted by atomic mass is 79.9. The number of pyridine rings is 1. The van der Waals surface area contributed by atoms with Crippen molar-refractivity contribution in [1.29, 1.82) is 0 Å². The Kier molecular flexibility index (Phi) is 2.98. The van der Waals surface area contributed by atoms with Gasteiger partial charge in [-0.25, -0.2) is 4.52 Å². The molecule has 18 heavy (non-hydrogen) atoms. The second-order valence-electron chi connectivity index (χ2n) is 3.90. The monoisotopic (exact) mass is 302 g/mol. The van der Waals surface area contributed by atoms with Gasteiger partial charge in [-0.05, 0) is 33.6 Å². The Morgan fingerprint density at radius 2 is 1.94 bits per heavy atom. The summed E-state index contributed by atoms with van der Waals surface area (Å²) >= 11 is 3.46. The molecule has 3 aromatic rings. The number of halogens is 1. The zero-order valence-electron chi connectivity index (χ0n) is 9.55. The maximum Gasteiger partial charge on any atom is 0.243 e. The van der Waals surface area contributed by atoms with Crippen LogP contribution < -0.4 is 5.32 Å². The van der Waals surface area contributed by atoms with Gasteiger partial charge in [0, 0.05) is 12.7 Å². The predicted octanol–water partition coefficient (Wildman–Crippen LogP) is 3.10. The molecule has 0 aliphatic heterocycles. The first-order valence-electron chi connectivity index (χ1n) is 5.61. The largest absolute Gasteiger partial charge is 0.349 e. The quantitative estimate of drug-likeness (QED) is 0.808. The normalized spacial score (nSPS) is 10.7. The van der Waals surface area contributed by atoms with Gasteiger partial charge in [-0.3, -0.25) is 0 Å². The number of nitrogens with one attached hydrogen (secondary N) is 1. The minimum absolute atomic E-state index is 0.630. The molecule has 3 rings (SSSR count). The predicted molar refractivity (Wildman–Crippen MR) is 74.5 cm³/mol. The SMILES string of the molecule is Brc1cccn2nc(NCc3ccccc3)nc12. The molecule has 4 nitrogen and oxygen atoms in total. The summed E-state index contributed by atoms with van der Waals surface area (Å²) in [5.74, 6) is 0.630. The lowest BCUT2D eigenvalue weighted by Crippen LogP contribution is -2.00. The molecule has 0 bridgehead atoms. The third-order valence-corrected chi connectivity index (χ3v) is 3.23. The molecule has 0 unspecified atom stereocenters. The molecule has 0 aliphatic carbocycles. The van der Waals surface area contributed by atoms with Gasteiger partial charge in [0.05, 0.1) is 4.47 Å². The second-order valence-corrected chi connectivity index (χ2v) is 4.75. The third-order valence-electron chi connectivity index (χ3n) is 2.61. The van der Waals surface area contributed by atoms with Crippen LogP contribution in [0.5, 0.6) is 0 Å². The summed E-state index contributed by atoms with van der Waals surface area (Å²) in [6, 6.07) is 14.0. The van der Waals surface area contributed by atoms with Gasteiger partial charge in [0.25, 0.3) is 0 Å². The number of fused-ring (bicyclic) bond motifs is 1. The van der Waals surface area contributed by atoms with Gasteiger partial charge in [-0.1, -0.05) is 30.3 Å². The van der Waals surface area contributed by atoms with E-state index in [9.17, 15) is 0 Å². The molecule has 1 N–H and O–H groups in total. The highest BCUT2D eigenvalue weighted by Gasteiger charge is 2.05. The summed E-state index contributed by atoms with van der Waals surface area (Å²) in [5.41, 5.74) is 2.02. The van der Waals surface area contributed by atoms with E-state index in [4.69, 9.17) is 0 Å². The van der Waals surface area contributed by atoms with E-state index in [2.05, 4.69) is 43.5 Å². The van der Waals surface area contributed by atoms with Crippen LogP contribution in [0.2, 0.25) is 0 Å². The number of hydrogen-bond acceptors (Lipinski definition) is 3. The van der Waals surface area contributed by atoms with Crippen LogP contribution in [0, 0.1) is 0 Å². The smallest absolute Gasteiger partial charge is 0.243 e. The average molecular weight is 303 g/mol. The molecular formula is C13H11BrN4. The first-order chi connectivity index (χ1) is 8.83. The van der Waals surface area contributed by atoms with Crippen LogP contribution >= 0.6 is 15.9 Å². The fourth-order valence-corrected chi connectivity index (χ4v) is 2.15. The van der Waals surface area contributed by atoms with Crippen molar-refractivity contribution in [2.45, 2.75) is 6.54 Å². The highest BCUT2D eigenvalue weighted by molar-refractivity contribution is 9.10. The van der Waals surface area contributed by atoms with Crippen molar-refractivity contribution in [2.75, 3.05) is 5.32 Å². The summed E-state index contributed by atoms with van der Waals surface area (Å²) in [6.07, 6.45) is 1.88. The van der Waals surface area contributed by atoms with Crippen molar-refractivity contribution in [1.82, 2.24) is 14.6 Å². The molecule has 5 heteroatoms. The van der Waals surface area contributed by atoms with Crippen molar-refractivity contribution in [3.05, 3.63) is 58.7 Å². The van der Waals surface area contributed by atoms with Gasteiger partial charge >= 0.3 is 0 Å². The van der Waals surface area contributed by atoms with Crippen molar-refractivity contribution < 1.29 is 0 Å². The Bertz CT molecular complexity index is 663. The van der Waals surface area contributed by atoms with Crippen LogP contribution in [0.1, 0.15) is 5.56 Å². The Balaban J connectivity index is 1.81.